The maximum absolute atomic E-state index is 10.1. The van der Waals surface area contributed by atoms with Crippen LogP contribution in [0.15, 0.2) is 0 Å². The van der Waals surface area contributed by atoms with Crippen molar-refractivity contribution in [1.82, 2.24) is 5.32 Å². The molecule has 0 aliphatic heterocycles. The molecular formula is C7H15NO2. The van der Waals surface area contributed by atoms with Gasteiger partial charge in [0.1, 0.15) is 0 Å². The third kappa shape index (κ3) is 4.32. The zero-order chi connectivity index (χ0) is 8.15. The van der Waals surface area contributed by atoms with E-state index in [-0.39, 0.29) is 12.6 Å². The van der Waals surface area contributed by atoms with Gasteiger partial charge in [-0.2, -0.15) is 0 Å². The van der Waals surface area contributed by atoms with Crippen LogP contribution in [0.25, 0.3) is 0 Å². The molecule has 0 spiro atoms. The monoisotopic (exact) mass is 145 g/mol. The number of rotatable bonds is 4. The highest BCUT2D eigenvalue weighted by Gasteiger charge is 2.06. The molecular weight excluding hydrogens is 130 g/mol. The third-order valence-corrected chi connectivity index (χ3v) is 1.58. The highest BCUT2D eigenvalue weighted by molar-refractivity contribution is 5.69. The first kappa shape index (κ1) is 9.43. The molecule has 3 nitrogen and oxygen atoms in total. The third-order valence-electron chi connectivity index (χ3n) is 1.58. The first-order valence-corrected chi connectivity index (χ1v) is 3.49. The lowest BCUT2D eigenvalue weighted by molar-refractivity contribution is -0.136. The van der Waals surface area contributed by atoms with Gasteiger partial charge < -0.3 is 10.4 Å². The van der Waals surface area contributed by atoms with Crippen molar-refractivity contribution in [3.05, 3.63) is 0 Å². The predicted octanol–water partition coefficient (Wildman–Crippen LogP) is 0.705. The van der Waals surface area contributed by atoms with E-state index < -0.39 is 5.97 Å². The Hall–Kier alpha value is -0.570. The van der Waals surface area contributed by atoms with Gasteiger partial charge in [-0.05, 0) is 12.8 Å². The molecule has 0 aromatic rings. The van der Waals surface area contributed by atoms with Gasteiger partial charge in [-0.1, -0.05) is 13.8 Å². The van der Waals surface area contributed by atoms with Gasteiger partial charge in [-0.15, -0.1) is 0 Å². The van der Waals surface area contributed by atoms with Crippen LogP contribution < -0.4 is 5.32 Å². The fraction of sp³-hybridized carbons (Fsp3) is 0.857. The number of hydrogen-bond donors (Lipinski definition) is 2. The summed E-state index contributed by atoms with van der Waals surface area (Å²) in [6.07, 6.45) is 0. The van der Waals surface area contributed by atoms with Crippen molar-refractivity contribution in [3.8, 4) is 0 Å². The van der Waals surface area contributed by atoms with E-state index in [4.69, 9.17) is 5.11 Å². The molecule has 10 heavy (non-hydrogen) atoms. The van der Waals surface area contributed by atoms with E-state index in [1.54, 1.807) is 0 Å². The summed E-state index contributed by atoms with van der Waals surface area (Å²) in [5.41, 5.74) is 0. The Morgan fingerprint density at radius 2 is 2.00 bits per heavy atom. The fourth-order valence-corrected chi connectivity index (χ4v) is 0.484. The summed E-state index contributed by atoms with van der Waals surface area (Å²) >= 11 is 0. The second kappa shape index (κ2) is 4.28. The molecule has 0 saturated carbocycles. The quantitative estimate of drug-likeness (QED) is 0.612. The van der Waals surface area contributed by atoms with Gasteiger partial charge >= 0.3 is 5.97 Å². The van der Waals surface area contributed by atoms with E-state index in [2.05, 4.69) is 19.2 Å². The first-order valence-electron chi connectivity index (χ1n) is 3.49. The number of carboxylic acids is 1. The van der Waals surface area contributed by atoms with Gasteiger partial charge in [-0.3, -0.25) is 4.79 Å². The normalized spacial score (nSPS) is 13.6. The number of aliphatic carboxylic acids is 1. The molecule has 1 unspecified atom stereocenters. The van der Waals surface area contributed by atoms with E-state index in [0.29, 0.717) is 5.92 Å². The molecule has 0 rings (SSSR count). The molecule has 0 amide bonds. The van der Waals surface area contributed by atoms with Crippen LogP contribution in [0.2, 0.25) is 0 Å². The van der Waals surface area contributed by atoms with Gasteiger partial charge in [0.25, 0.3) is 0 Å². The Morgan fingerprint density at radius 3 is 2.30 bits per heavy atom. The second-order valence-corrected chi connectivity index (χ2v) is 2.81. The molecule has 0 aliphatic rings. The van der Waals surface area contributed by atoms with Crippen LogP contribution in [-0.2, 0) is 4.79 Å². The van der Waals surface area contributed by atoms with E-state index in [1.807, 2.05) is 6.92 Å². The molecule has 0 bridgehead atoms. The maximum atomic E-state index is 10.1. The SMILES string of the molecule is CC(C)C(C)NCC(=O)O. The smallest absolute Gasteiger partial charge is 0.317 e. The molecule has 0 fully saturated rings. The Labute approximate surface area is 61.4 Å². The molecule has 2 N–H and O–H groups in total. The molecule has 0 radical (unpaired) electrons. The van der Waals surface area contributed by atoms with Crippen molar-refractivity contribution in [2.75, 3.05) is 6.54 Å². The zero-order valence-electron chi connectivity index (χ0n) is 6.72. The Morgan fingerprint density at radius 1 is 1.50 bits per heavy atom. The van der Waals surface area contributed by atoms with Gasteiger partial charge in [0.15, 0.2) is 0 Å². The molecule has 0 saturated heterocycles. The standard InChI is InChI=1S/C7H15NO2/c1-5(2)6(3)8-4-7(9)10/h5-6,8H,4H2,1-3H3,(H,9,10). The minimum atomic E-state index is -0.799. The van der Waals surface area contributed by atoms with Crippen LogP contribution in [-0.4, -0.2) is 23.7 Å². The molecule has 3 heteroatoms. The Balaban J connectivity index is 3.39. The number of carboxylic acid groups (broad SMARTS) is 1. The van der Waals surface area contributed by atoms with Gasteiger partial charge in [0, 0.05) is 6.04 Å². The average molecular weight is 145 g/mol. The topological polar surface area (TPSA) is 49.3 Å². The summed E-state index contributed by atoms with van der Waals surface area (Å²) in [6.45, 7) is 6.14. The van der Waals surface area contributed by atoms with E-state index >= 15 is 0 Å². The van der Waals surface area contributed by atoms with E-state index in [9.17, 15) is 4.79 Å². The summed E-state index contributed by atoms with van der Waals surface area (Å²) < 4.78 is 0. The van der Waals surface area contributed by atoms with Crippen molar-refractivity contribution < 1.29 is 9.90 Å². The highest BCUT2D eigenvalue weighted by atomic mass is 16.4. The summed E-state index contributed by atoms with van der Waals surface area (Å²) in [6, 6.07) is 0.274. The summed E-state index contributed by atoms with van der Waals surface area (Å²) in [4.78, 5) is 10.1. The average Bonchev–Trinajstić information content (AvgIpc) is 1.82. The Bertz CT molecular complexity index is 112. The van der Waals surface area contributed by atoms with Gasteiger partial charge in [-0.25, -0.2) is 0 Å². The number of hydrogen-bond acceptors (Lipinski definition) is 2. The number of carbonyl (C=O) groups is 1. The summed E-state index contributed by atoms with van der Waals surface area (Å²) in [5.74, 6) is -0.313. The molecule has 0 aromatic heterocycles. The second-order valence-electron chi connectivity index (χ2n) is 2.81. The van der Waals surface area contributed by atoms with E-state index in [0.717, 1.165) is 0 Å². The molecule has 0 aliphatic carbocycles. The zero-order valence-corrected chi connectivity index (χ0v) is 6.72. The molecule has 1 atom stereocenters. The molecule has 0 aromatic carbocycles. The predicted molar refractivity (Wildman–Crippen MR) is 39.9 cm³/mol. The minimum Gasteiger partial charge on any atom is -0.480 e. The van der Waals surface area contributed by atoms with Crippen LogP contribution in [0.4, 0.5) is 0 Å². The van der Waals surface area contributed by atoms with Gasteiger partial charge in [0.2, 0.25) is 0 Å². The maximum Gasteiger partial charge on any atom is 0.317 e. The lowest BCUT2D eigenvalue weighted by Crippen LogP contribution is -2.34. The van der Waals surface area contributed by atoms with Crippen molar-refractivity contribution >= 4 is 5.97 Å². The van der Waals surface area contributed by atoms with Crippen LogP contribution in [0.1, 0.15) is 20.8 Å². The minimum absolute atomic E-state index is 0.0549. The van der Waals surface area contributed by atoms with Crippen molar-refractivity contribution in [2.24, 2.45) is 5.92 Å². The van der Waals surface area contributed by atoms with Crippen molar-refractivity contribution in [1.29, 1.82) is 0 Å². The van der Waals surface area contributed by atoms with Crippen molar-refractivity contribution in [2.45, 2.75) is 26.8 Å². The summed E-state index contributed by atoms with van der Waals surface area (Å²) in [7, 11) is 0. The largest absolute Gasteiger partial charge is 0.480 e. The Kier molecular flexibility index (Phi) is 4.03. The lowest BCUT2D eigenvalue weighted by atomic mass is 10.1. The van der Waals surface area contributed by atoms with Crippen LogP contribution in [0, 0.1) is 5.92 Å². The first-order chi connectivity index (χ1) is 4.54. The number of nitrogens with one attached hydrogen (secondary N) is 1. The van der Waals surface area contributed by atoms with E-state index in [1.165, 1.54) is 0 Å². The van der Waals surface area contributed by atoms with Crippen LogP contribution in [0.3, 0.4) is 0 Å². The summed E-state index contributed by atoms with van der Waals surface area (Å²) in [5, 5.41) is 11.2. The lowest BCUT2D eigenvalue weighted by Gasteiger charge is -2.15. The van der Waals surface area contributed by atoms with Crippen molar-refractivity contribution in [3.63, 3.8) is 0 Å². The highest BCUT2D eigenvalue weighted by Crippen LogP contribution is 1.98. The van der Waals surface area contributed by atoms with Crippen LogP contribution >= 0.6 is 0 Å². The van der Waals surface area contributed by atoms with Crippen LogP contribution in [0.5, 0.6) is 0 Å². The molecule has 0 heterocycles. The fourth-order valence-electron chi connectivity index (χ4n) is 0.484. The molecule has 60 valence electrons. The van der Waals surface area contributed by atoms with Gasteiger partial charge in [0.05, 0.1) is 6.54 Å².